The molecule has 0 saturated carbocycles. The number of fused-ring (bicyclic) bond motifs is 2. The van der Waals surface area contributed by atoms with Crippen molar-refractivity contribution in [2.24, 2.45) is 0 Å². The summed E-state index contributed by atoms with van der Waals surface area (Å²) in [4.78, 5) is 16.9. The van der Waals surface area contributed by atoms with Crippen molar-refractivity contribution >= 4 is 34.1 Å². The molecular weight excluding hydrogens is 322 g/mol. The van der Waals surface area contributed by atoms with Gasteiger partial charge in [0.15, 0.2) is 0 Å². The maximum Gasteiger partial charge on any atom is 0.255 e. The summed E-state index contributed by atoms with van der Waals surface area (Å²) >= 11 is 6.42. The smallest absolute Gasteiger partial charge is 0.255 e. The molecule has 0 unspecified atom stereocenters. The Kier molecular flexibility index (Phi) is 3.43. The lowest BCUT2D eigenvalue weighted by molar-refractivity contribution is 0.0935. The lowest BCUT2D eigenvalue weighted by Crippen LogP contribution is -2.38. The zero-order chi connectivity index (χ0) is 16.8. The maximum absolute atomic E-state index is 12.3. The van der Waals surface area contributed by atoms with Gasteiger partial charge in [0.25, 0.3) is 5.91 Å². The van der Waals surface area contributed by atoms with Gasteiger partial charge in [-0.3, -0.25) is 4.79 Å². The fraction of sp³-hybridized carbons (Fsp3) is 0.158. The molecule has 1 aromatic heterocycles. The first kappa shape index (κ1) is 15.0. The molecule has 4 nitrogen and oxygen atoms in total. The van der Waals surface area contributed by atoms with E-state index in [0.29, 0.717) is 10.7 Å². The molecule has 120 valence electrons. The highest BCUT2D eigenvalue weighted by atomic mass is 35.5. The average Bonchev–Trinajstić information content (AvgIpc) is 2.55. The molecule has 2 heterocycles. The highest BCUT2D eigenvalue weighted by Gasteiger charge is 2.26. The number of hydrogen-bond acceptors (Lipinski definition) is 3. The third-order valence-electron chi connectivity index (χ3n) is 4.29. The van der Waals surface area contributed by atoms with Gasteiger partial charge < -0.3 is 10.6 Å². The molecule has 1 aliphatic rings. The number of hydrogen-bond donors (Lipinski definition) is 2. The monoisotopic (exact) mass is 337 g/mol. The molecule has 4 rings (SSSR count). The van der Waals surface area contributed by atoms with Crippen LogP contribution >= 0.6 is 11.6 Å². The van der Waals surface area contributed by atoms with E-state index in [0.717, 1.165) is 27.7 Å². The Morgan fingerprint density at radius 2 is 1.88 bits per heavy atom. The van der Waals surface area contributed by atoms with Crippen LogP contribution in [0.4, 0.5) is 5.69 Å². The third-order valence-corrected chi connectivity index (χ3v) is 4.59. The Balaban J connectivity index is 1.83. The zero-order valence-electron chi connectivity index (χ0n) is 13.4. The van der Waals surface area contributed by atoms with E-state index in [1.165, 1.54) is 5.56 Å². The number of rotatable bonds is 1. The lowest BCUT2D eigenvalue weighted by atomic mass is 10.0. The first-order valence-electron chi connectivity index (χ1n) is 7.77. The fourth-order valence-electron chi connectivity index (χ4n) is 3.21. The Morgan fingerprint density at radius 3 is 2.71 bits per heavy atom. The minimum absolute atomic E-state index is 0.120. The predicted octanol–water partition coefficient (Wildman–Crippen LogP) is 4.36. The van der Waals surface area contributed by atoms with Crippen LogP contribution in [0, 0.1) is 13.8 Å². The van der Waals surface area contributed by atoms with Gasteiger partial charge in [0, 0.05) is 16.6 Å². The number of pyridine rings is 1. The van der Waals surface area contributed by atoms with E-state index < -0.39 is 6.17 Å². The standard InChI is InChI=1S/C19H16ClN3O/c1-10-7-11(2)16-12(8-10)9-14(17(20)22-16)18-21-15-6-4-3-5-13(15)19(24)23-18/h3-9,18,21H,1-2H3,(H,23,24)/t18-/m0/s1. The maximum atomic E-state index is 12.3. The van der Waals surface area contributed by atoms with Crippen molar-refractivity contribution in [2.75, 3.05) is 5.32 Å². The number of amides is 1. The van der Waals surface area contributed by atoms with E-state index in [2.05, 4.69) is 34.7 Å². The van der Waals surface area contributed by atoms with Crippen LogP contribution in [0.2, 0.25) is 5.15 Å². The molecule has 24 heavy (non-hydrogen) atoms. The quantitative estimate of drug-likeness (QED) is 0.649. The van der Waals surface area contributed by atoms with Gasteiger partial charge in [-0.2, -0.15) is 0 Å². The van der Waals surface area contributed by atoms with Crippen LogP contribution in [0.15, 0.2) is 42.5 Å². The number of carbonyl (C=O) groups excluding carboxylic acids is 1. The van der Waals surface area contributed by atoms with E-state index in [9.17, 15) is 4.79 Å². The van der Waals surface area contributed by atoms with Gasteiger partial charge in [-0.25, -0.2) is 4.98 Å². The second-order valence-corrected chi connectivity index (χ2v) is 6.48. The van der Waals surface area contributed by atoms with E-state index in [1.807, 2.05) is 31.2 Å². The van der Waals surface area contributed by atoms with Crippen LogP contribution in [-0.2, 0) is 0 Å². The normalized spacial score (nSPS) is 16.5. The van der Waals surface area contributed by atoms with E-state index in [4.69, 9.17) is 11.6 Å². The van der Waals surface area contributed by atoms with Gasteiger partial charge in [0.2, 0.25) is 0 Å². The van der Waals surface area contributed by atoms with Crippen LogP contribution in [0.25, 0.3) is 10.9 Å². The van der Waals surface area contributed by atoms with E-state index in [1.54, 1.807) is 6.07 Å². The molecule has 2 aromatic carbocycles. The van der Waals surface area contributed by atoms with Crippen LogP contribution in [0.5, 0.6) is 0 Å². The molecule has 0 spiro atoms. The minimum Gasteiger partial charge on any atom is -0.361 e. The number of aryl methyl sites for hydroxylation is 2. The second-order valence-electron chi connectivity index (χ2n) is 6.12. The van der Waals surface area contributed by atoms with Gasteiger partial charge in [-0.05, 0) is 43.7 Å². The van der Waals surface area contributed by atoms with Crippen LogP contribution in [0.3, 0.4) is 0 Å². The van der Waals surface area contributed by atoms with Gasteiger partial charge in [-0.1, -0.05) is 35.4 Å². The molecule has 0 fully saturated rings. The fourth-order valence-corrected chi connectivity index (χ4v) is 3.46. The Bertz CT molecular complexity index is 984. The van der Waals surface area contributed by atoms with Crippen LogP contribution < -0.4 is 10.6 Å². The number of nitrogens with zero attached hydrogens (tertiary/aromatic N) is 1. The Morgan fingerprint density at radius 1 is 1.08 bits per heavy atom. The van der Waals surface area contributed by atoms with Crippen molar-refractivity contribution in [3.05, 3.63) is 69.9 Å². The number of aromatic nitrogens is 1. The molecule has 1 atom stereocenters. The third kappa shape index (κ3) is 2.39. The molecule has 3 aromatic rings. The highest BCUT2D eigenvalue weighted by Crippen LogP contribution is 2.32. The van der Waals surface area contributed by atoms with E-state index in [-0.39, 0.29) is 5.91 Å². The zero-order valence-corrected chi connectivity index (χ0v) is 14.1. The largest absolute Gasteiger partial charge is 0.361 e. The molecule has 2 N–H and O–H groups in total. The predicted molar refractivity (Wildman–Crippen MR) is 96.5 cm³/mol. The van der Waals surface area contributed by atoms with Gasteiger partial charge >= 0.3 is 0 Å². The number of para-hydroxylation sites is 1. The molecular formula is C19H16ClN3O. The first-order valence-corrected chi connectivity index (χ1v) is 8.14. The molecule has 0 radical (unpaired) electrons. The summed E-state index contributed by atoms with van der Waals surface area (Å²) in [5.74, 6) is -0.120. The molecule has 5 heteroatoms. The molecule has 0 bridgehead atoms. The summed E-state index contributed by atoms with van der Waals surface area (Å²) in [5, 5.41) is 7.68. The summed E-state index contributed by atoms with van der Waals surface area (Å²) in [6.45, 7) is 4.08. The van der Waals surface area contributed by atoms with Crippen molar-refractivity contribution < 1.29 is 4.79 Å². The summed E-state index contributed by atoms with van der Waals surface area (Å²) < 4.78 is 0. The van der Waals surface area contributed by atoms with Crippen LogP contribution in [-0.4, -0.2) is 10.9 Å². The van der Waals surface area contributed by atoms with Crippen molar-refractivity contribution in [3.8, 4) is 0 Å². The Hall–Kier alpha value is -2.59. The number of halogens is 1. The summed E-state index contributed by atoms with van der Waals surface area (Å²) in [6.07, 6.45) is -0.405. The molecule has 1 aliphatic heterocycles. The van der Waals surface area contributed by atoms with Gasteiger partial charge in [0.05, 0.1) is 11.1 Å². The lowest BCUT2D eigenvalue weighted by Gasteiger charge is -2.28. The van der Waals surface area contributed by atoms with Gasteiger partial charge in [-0.15, -0.1) is 0 Å². The molecule has 1 amide bonds. The molecule has 0 aliphatic carbocycles. The Labute approximate surface area is 144 Å². The van der Waals surface area contributed by atoms with Crippen molar-refractivity contribution in [1.82, 2.24) is 10.3 Å². The van der Waals surface area contributed by atoms with Crippen molar-refractivity contribution in [1.29, 1.82) is 0 Å². The van der Waals surface area contributed by atoms with Crippen molar-refractivity contribution in [3.63, 3.8) is 0 Å². The van der Waals surface area contributed by atoms with Crippen LogP contribution in [0.1, 0.15) is 33.2 Å². The molecule has 0 saturated heterocycles. The average molecular weight is 338 g/mol. The number of benzene rings is 2. The second kappa shape index (κ2) is 5.49. The topological polar surface area (TPSA) is 54.0 Å². The minimum atomic E-state index is -0.405. The number of anilines is 1. The van der Waals surface area contributed by atoms with Crippen molar-refractivity contribution in [2.45, 2.75) is 20.0 Å². The number of nitrogens with one attached hydrogen (secondary N) is 2. The highest BCUT2D eigenvalue weighted by molar-refractivity contribution is 6.30. The SMILES string of the molecule is Cc1cc(C)c2nc(Cl)c([C@@H]3NC(=O)c4ccccc4N3)cc2c1. The summed E-state index contributed by atoms with van der Waals surface area (Å²) in [7, 11) is 0. The summed E-state index contributed by atoms with van der Waals surface area (Å²) in [5.41, 5.74) is 5.33. The summed E-state index contributed by atoms with van der Waals surface area (Å²) in [6, 6.07) is 13.6. The van der Waals surface area contributed by atoms with E-state index >= 15 is 0 Å². The first-order chi connectivity index (χ1) is 11.5. The number of carbonyl (C=O) groups is 1. The van der Waals surface area contributed by atoms with Gasteiger partial charge in [0.1, 0.15) is 11.3 Å².